The predicted molar refractivity (Wildman–Crippen MR) is 127 cm³/mol. The number of aryl methyl sites for hydroxylation is 3. The van der Waals surface area contributed by atoms with E-state index in [1.54, 1.807) is 0 Å². The van der Waals surface area contributed by atoms with Crippen molar-refractivity contribution >= 4 is 5.91 Å². The van der Waals surface area contributed by atoms with Crippen LogP contribution in [0, 0.1) is 6.92 Å². The number of carbonyl (C=O) groups excluding carboxylic acids is 1. The fraction of sp³-hybridized carbons (Fsp3) is 0.138. The molecule has 0 aliphatic heterocycles. The normalized spacial score (nSPS) is 11.6. The molecule has 0 fully saturated rings. The van der Waals surface area contributed by atoms with Gasteiger partial charge in [-0.15, -0.1) is 0 Å². The van der Waals surface area contributed by atoms with Gasteiger partial charge in [0.1, 0.15) is 0 Å². The smallest absolute Gasteiger partial charge is 0.252 e. The van der Waals surface area contributed by atoms with E-state index in [0.717, 1.165) is 35.1 Å². The largest absolute Gasteiger partial charge is 0.341 e. The molecule has 0 unspecified atom stereocenters. The van der Waals surface area contributed by atoms with E-state index in [1.807, 2.05) is 42.5 Å². The van der Waals surface area contributed by atoms with Crippen LogP contribution >= 0.6 is 0 Å². The van der Waals surface area contributed by atoms with E-state index >= 15 is 0 Å². The molecular formula is C29H27NO. The topological polar surface area (TPSA) is 29.1 Å². The first-order valence-corrected chi connectivity index (χ1v) is 10.7. The van der Waals surface area contributed by atoms with Crippen LogP contribution in [0.4, 0.5) is 0 Å². The van der Waals surface area contributed by atoms with Crippen LogP contribution in [0.5, 0.6) is 0 Å². The highest BCUT2D eigenvalue weighted by molar-refractivity contribution is 5.96. The van der Waals surface area contributed by atoms with Crippen LogP contribution in [0.15, 0.2) is 109 Å². The summed E-state index contributed by atoms with van der Waals surface area (Å²) in [5, 5.41) is 3.28. The molecule has 4 aromatic carbocycles. The Hall–Kier alpha value is -3.65. The van der Waals surface area contributed by atoms with Crippen molar-refractivity contribution in [3.05, 3.63) is 143 Å². The van der Waals surface area contributed by atoms with Crippen molar-refractivity contribution in [2.45, 2.75) is 25.8 Å². The molecule has 1 amide bonds. The SMILES string of the molecule is Cc1ccc([C@H](NC(=O)c2ccccc2CCc2ccccc2)c2ccccc2)cc1. The van der Waals surface area contributed by atoms with Gasteiger partial charge in [-0.25, -0.2) is 0 Å². The molecule has 0 spiro atoms. The van der Waals surface area contributed by atoms with E-state index in [0.29, 0.717) is 0 Å². The number of hydrogen-bond donors (Lipinski definition) is 1. The monoisotopic (exact) mass is 405 g/mol. The van der Waals surface area contributed by atoms with E-state index in [-0.39, 0.29) is 11.9 Å². The number of hydrogen-bond acceptors (Lipinski definition) is 1. The molecule has 1 N–H and O–H groups in total. The van der Waals surface area contributed by atoms with Crippen LogP contribution in [0.2, 0.25) is 0 Å². The van der Waals surface area contributed by atoms with Gasteiger partial charge >= 0.3 is 0 Å². The maximum absolute atomic E-state index is 13.4. The molecule has 154 valence electrons. The molecule has 0 saturated carbocycles. The zero-order chi connectivity index (χ0) is 21.5. The standard InChI is InChI=1S/C29H27NO/c1-22-16-19-26(20-17-22)28(25-13-6-3-7-14-25)30-29(31)27-15-9-8-12-24(27)21-18-23-10-4-2-5-11-23/h2-17,19-20,28H,18,21H2,1H3,(H,30,31)/t28-/m1/s1. The molecule has 2 nitrogen and oxygen atoms in total. The lowest BCUT2D eigenvalue weighted by molar-refractivity contribution is 0.0942. The average Bonchev–Trinajstić information content (AvgIpc) is 2.83. The Morgan fingerprint density at radius 3 is 1.97 bits per heavy atom. The zero-order valence-electron chi connectivity index (χ0n) is 17.8. The number of rotatable bonds is 7. The summed E-state index contributed by atoms with van der Waals surface area (Å²) in [6, 6.07) is 36.6. The fourth-order valence-corrected chi connectivity index (χ4v) is 3.86. The Morgan fingerprint density at radius 1 is 0.677 bits per heavy atom. The third kappa shape index (κ3) is 5.29. The lowest BCUT2D eigenvalue weighted by atomic mass is 9.96. The van der Waals surface area contributed by atoms with Gasteiger partial charge in [-0.05, 0) is 48.1 Å². The maximum Gasteiger partial charge on any atom is 0.252 e. The van der Waals surface area contributed by atoms with Crippen LogP contribution in [-0.4, -0.2) is 5.91 Å². The summed E-state index contributed by atoms with van der Waals surface area (Å²) in [7, 11) is 0. The van der Waals surface area contributed by atoms with Crippen molar-refractivity contribution < 1.29 is 4.79 Å². The molecule has 0 aromatic heterocycles. The first-order chi connectivity index (χ1) is 15.2. The molecular weight excluding hydrogens is 378 g/mol. The summed E-state index contributed by atoms with van der Waals surface area (Å²) in [6.07, 6.45) is 1.74. The molecule has 0 aliphatic rings. The average molecular weight is 406 g/mol. The molecule has 1 atom stereocenters. The van der Waals surface area contributed by atoms with Gasteiger partial charge in [0.15, 0.2) is 0 Å². The number of nitrogens with one attached hydrogen (secondary N) is 1. The summed E-state index contributed by atoms with van der Waals surface area (Å²) >= 11 is 0. The summed E-state index contributed by atoms with van der Waals surface area (Å²) in [4.78, 5) is 13.4. The molecule has 0 heterocycles. The van der Waals surface area contributed by atoms with Crippen molar-refractivity contribution in [3.8, 4) is 0 Å². The third-order valence-corrected chi connectivity index (χ3v) is 5.61. The Labute approximate surface area is 184 Å². The summed E-state index contributed by atoms with van der Waals surface area (Å²) in [5.41, 5.74) is 6.44. The van der Waals surface area contributed by atoms with Gasteiger partial charge in [0.2, 0.25) is 0 Å². The molecule has 4 rings (SSSR count). The highest BCUT2D eigenvalue weighted by atomic mass is 16.1. The lowest BCUT2D eigenvalue weighted by Gasteiger charge is -2.21. The van der Waals surface area contributed by atoms with Gasteiger partial charge in [-0.3, -0.25) is 4.79 Å². The van der Waals surface area contributed by atoms with E-state index in [2.05, 4.69) is 79.0 Å². The lowest BCUT2D eigenvalue weighted by Crippen LogP contribution is -2.30. The minimum atomic E-state index is -0.198. The summed E-state index contributed by atoms with van der Waals surface area (Å²) in [5.74, 6) is -0.0434. The second-order valence-electron chi connectivity index (χ2n) is 7.87. The van der Waals surface area contributed by atoms with E-state index in [4.69, 9.17) is 0 Å². The van der Waals surface area contributed by atoms with E-state index in [1.165, 1.54) is 11.1 Å². The molecule has 31 heavy (non-hydrogen) atoms. The van der Waals surface area contributed by atoms with Gasteiger partial charge in [0.05, 0.1) is 6.04 Å². The van der Waals surface area contributed by atoms with Gasteiger partial charge in [-0.1, -0.05) is 109 Å². The Kier molecular flexibility index (Phi) is 6.59. The number of amides is 1. The van der Waals surface area contributed by atoms with Crippen LogP contribution < -0.4 is 5.32 Å². The second kappa shape index (κ2) is 9.90. The van der Waals surface area contributed by atoms with E-state index < -0.39 is 0 Å². The number of carbonyl (C=O) groups is 1. The predicted octanol–water partition coefficient (Wildman–Crippen LogP) is 6.30. The van der Waals surface area contributed by atoms with Crippen LogP contribution in [-0.2, 0) is 12.8 Å². The van der Waals surface area contributed by atoms with Gasteiger partial charge in [0, 0.05) is 5.56 Å². The first kappa shape index (κ1) is 20.6. The van der Waals surface area contributed by atoms with Crippen LogP contribution in [0.25, 0.3) is 0 Å². The molecule has 0 aliphatic carbocycles. The van der Waals surface area contributed by atoms with Gasteiger partial charge < -0.3 is 5.32 Å². The molecule has 0 radical (unpaired) electrons. The van der Waals surface area contributed by atoms with Crippen LogP contribution in [0.1, 0.15) is 44.2 Å². The van der Waals surface area contributed by atoms with Crippen LogP contribution in [0.3, 0.4) is 0 Å². The van der Waals surface area contributed by atoms with Crippen molar-refractivity contribution in [2.24, 2.45) is 0 Å². The Bertz CT molecular complexity index is 1120. The third-order valence-electron chi connectivity index (χ3n) is 5.61. The quantitative estimate of drug-likeness (QED) is 0.384. The minimum absolute atomic E-state index is 0.0434. The Morgan fingerprint density at radius 2 is 1.26 bits per heavy atom. The zero-order valence-corrected chi connectivity index (χ0v) is 17.8. The highest BCUT2D eigenvalue weighted by Gasteiger charge is 2.19. The van der Waals surface area contributed by atoms with Gasteiger partial charge in [0.25, 0.3) is 5.91 Å². The molecule has 0 saturated heterocycles. The highest BCUT2D eigenvalue weighted by Crippen LogP contribution is 2.24. The second-order valence-corrected chi connectivity index (χ2v) is 7.87. The number of benzene rings is 4. The van der Waals surface area contributed by atoms with Gasteiger partial charge in [-0.2, -0.15) is 0 Å². The summed E-state index contributed by atoms with van der Waals surface area (Å²) in [6.45, 7) is 2.07. The molecule has 2 heteroatoms. The maximum atomic E-state index is 13.4. The van der Waals surface area contributed by atoms with E-state index in [9.17, 15) is 4.79 Å². The summed E-state index contributed by atoms with van der Waals surface area (Å²) < 4.78 is 0. The fourth-order valence-electron chi connectivity index (χ4n) is 3.86. The molecule has 0 bridgehead atoms. The first-order valence-electron chi connectivity index (χ1n) is 10.7. The molecule has 4 aromatic rings. The van der Waals surface area contributed by atoms with Crippen molar-refractivity contribution in [3.63, 3.8) is 0 Å². The van der Waals surface area contributed by atoms with Crippen molar-refractivity contribution in [1.29, 1.82) is 0 Å². The Balaban J connectivity index is 1.58. The minimum Gasteiger partial charge on any atom is -0.341 e. The van der Waals surface area contributed by atoms with Crippen molar-refractivity contribution in [1.82, 2.24) is 5.32 Å². The van der Waals surface area contributed by atoms with Crippen molar-refractivity contribution in [2.75, 3.05) is 0 Å².